The van der Waals surface area contributed by atoms with Crippen molar-refractivity contribution in [3.63, 3.8) is 0 Å². The zero-order chi connectivity index (χ0) is 21.2. The van der Waals surface area contributed by atoms with Crippen LogP contribution in [0.1, 0.15) is 0 Å². The summed E-state index contributed by atoms with van der Waals surface area (Å²) in [4.78, 5) is 3.74. The fourth-order valence-corrected chi connectivity index (χ4v) is 3.68. The third kappa shape index (κ3) is 6.52. The van der Waals surface area contributed by atoms with Crippen LogP contribution in [0, 0.1) is 0 Å². The summed E-state index contributed by atoms with van der Waals surface area (Å²) in [5.74, 6) is 2.42. The van der Waals surface area contributed by atoms with Crippen molar-refractivity contribution in [1.82, 2.24) is 0 Å². The molecule has 0 radical (unpaired) electrons. The van der Waals surface area contributed by atoms with Crippen molar-refractivity contribution < 1.29 is 29.0 Å². The molecule has 164 valence electrons. The number of para-hydroxylation sites is 2. The smallest absolute Gasteiger partial charge is 0.142 e. The van der Waals surface area contributed by atoms with Crippen molar-refractivity contribution in [3.05, 3.63) is 48.5 Å². The molecule has 1 fully saturated rings. The number of nitrogens with zero attached hydrogens (tertiary/aromatic N) is 1. The van der Waals surface area contributed by atoms with Crippen molar-refractivity contribution in [3.8, 4) is 17.2 Å². The van der Waals surface area contributed by atoms with E-state index in [-0.39, 0.29) is 0 Å². The van der Waals surface area contributed by atoms with Gasteiger partial charge in [-0.05, 0) is 24.3 Å². The van der Waals surface area contributed by atoms with Gasteiger partial charge in [-0.25, -0.2) is 0 Å². The molecule has 0 saturated carbocycles. The van der Waals surface area contributed by atoms with Crippen molar-refractivity contribution >= 4 is 5.69 Å². The Labute approximate surface area is 178 Å². The Morgan fingerprint density at radius 1 is 0.967 bits per heavy atom. The highest BCUT2D eigenvalue weighted by Crippen LogP contribution is 2.27. The summed E-state index contributed by atoms with van der Waals surface area (Å²) >= 11 is 0. The summed E-state index contributed by atoms with van der Waals surface area (Å²) < 4.78 is 21.9. The minimum atomic E-state index is -0.477. The third-order valence-electron chi connectivity index (χ3n) is 5.27. The predicted octanol–water partition coefficient (Wildman–Crippen LogP) is 0.865. The molecule has 1 aliphatic heterocycles. The molecule has 7 heteroatoms. The maximum Gasteiger partial charge on any atom is 0.142 e. The average molecular weight is 418 g/mol. The van der Waals surface area contributed by atoms with Crippen LogP contribution >= 0.6 is 0 Å². The van der Waals surface area contributed by atoms with E-state index in [4.69, 9.17) is 18.9 Å². The fourth-order valence-electron chi connectivity index (χ4n) is 3.68. The van der Waals surface area contributed by atoms with Gasteiger partial charge in [0.25, 0.3) is 0 Å². The van der Waals surface area contributed by atoms with Crippen LogP contribution in [0.3, 0.4) is 0 Å². The van der Waals surface area contributed by atoms with E-state index >= 15 is 0 Å². The van der Waals surface area contributed by atoms with Crippen molar-refractivity contribution in [1.29, 1.82) is 0 Å². The monoisotopic (exact) mass is 417 g/mol. The van der Waals surface area contributed by atoms with Crippen molar-refractivity contribution in [2.24, 2.45) is 0 Å². The van der Waals surface area contributed by atoms with Gasteiger partial charge in [-0.1, -0.05) is 18.2 Å². The molecular formula is C23H33N2O5+. The van der Waals surface area contributed by atoms with Crippen LogP contribution in [0.2, 0.25) is 0 Å². The Balaban J connectivity index is 1.31. The summed E-state index contributed by atoms with van der Waals surface area (Å²) in [6.07, 6.45) is -0.477. The zero-order valence-electron chi connectivity index (χ0n) is 17.9. The molecule has 3 rings (SSSR count). The second-order valence-electron chi connectivity index (χ2n) is 7.37. The first-order valence-corrected chi connectivity index (χ1v) is 10.4. The molecule has 1 atom stereocenters. The van der Waals surface area contributed by atoms with E-state index in [1.165, 1.54) is 4.90 Å². The summed E-state index contributed by atoms with van der Waals surface area (Å²) in [5, 5.41) is 10.3. The normalized spacial score (nSPS) is 15.6. The number of anilines is 1. The van der Waals surface area contributed by atoms with E-state index in [2.05, 4.69) is 11.0 Å². The standard InChI is InChI=1S/C23H32N2O5/c1-27-20-6-5-7-21(16-20)30-15-14-29-18-19(26)17-24-10-12-25(13-11-24)22-8-3-4-9-23(22)28-2/h3-9,16,19,26H,10-15,17-18H2,1-2H3/p+1/t19-/m1/s1. The SMILES string of the molecule is COc1cccc(OCCOC[C@H](O)C[NH+]2CCN(c3ccccc3OC)CC2)c1. The number of ether oxygens (including phenoxy) is 4. The molecule has 7 nitrogen and oxygen atoms in total. The number of aliphatic hydroxyl groups is 1. The number of hydrogen-bond acceptors (Lipinski definition) is 6. The Bertz CT molecular complexity index is 765. The minimum Gasteiger partial charge on any atom is -0.497 e. The van der Waals surface area contributed by atoms with E-state index in [1.807, 2.05) is 42.5 Å². The van der Waals surface area contributed by atoms with E-state index < -0.39 is 6.10 Å². The first-order valence-electron chi connectivity index (χ1n) is 10.4. The van der Waals surface area contributed by atoms with Gasteiger partial charge >= 0.3 is 0 Å². The summed E-state index contributed by atoms with van der Waals surface area (Å²) in [6, 6.07) is 15.6. The highest BCUT2D eigenvalue weighted by atomic mass is 16.5. The molecule has 0 amide bonds. The quantitative estimate of drug-likeness (QED) is 0.529. The summed E-state index contributed by atoms with van der Waals surface area (Å²) in [7, 11) is 3.34. The van der Waals surface area contributed by atoms with Crippen LogP contribution in [0.5, 0.6) is 17.2 Å². The second kappa shape index (κ2) is 11.6. The Morgan fingerprint density at radius 3 is 2.50 bits per heavy atom. The van der Waals surface area contributed by atoms with Crippen LogP contribution < -0.4 is 24.0 Å². The highest BCUT2D eigenvalue weighted by Gasteiger charge is 2.24. The first-order chi connectivity index (χ1) is 14.7. The molecule has 0 aromatic heterocycles. The first kappa shape index (κ1) is 22.2. The largest absolute Gasteiger partial charge is 0.497 e. The number of piperazine rings is 1. The number of aliphatic hydroxyl groups excluding tert-OH is 1. The van der Waals surface area contributed by atoms with Crippen molar-refractivity contribution in [2.45, 2.75) is 6.10 Å². The van der Waals surface area contributed by atoms with Gasteiger partial charge in [-0.3, -0.25) is 0 Å². The van der Waals surface area contributed by atoms with Gasteiger partial charge in [0.1, 0.15) is 36.5 Å². The molecule has 2 aromatic carbocycles. The Morgan fingerprint density at radius 2 is 1.73 bits per heavy atom. The molecule has 1 saturated heterocycles. The highest BCUT2D eigenvalue weighted by molar-refractivity contribution is 5.58. The van der Waals surface area contributed by atoms with Gasteiger partial charge in [0.15, 0.2) is 0 Å². The molecule has 0 bridgehead atoms. The number of nitrogens with one attached hydrogen (secondary N) is 1. The second-order valence-corrected chi connectivity index (χ2v) is 7.37. The minimum absolute atomic E-state index is 0.321. The van der Waals surface area contributed by atoms with E-state index in [0.29, 0.717) is 26.4 Å². The number of methoxy groups -OCH3 is 2. The molecule has 0 aliphatic carbocycles. The van der Waals surface area contributed by atoms with E-state index in [0.717, 1.165) is 49.1 Å². The maximum absolute atomic E-state index is 10.3. The lowest BCUT2D eigenvalue weighted by Crippen LogP contribution is -3.16. The van der Waals surface area contributed by atoms with Gasteiger partial charge < -0.3 is 33.9 Å². The molecule has 0 unspecified atom stereocenters. The molecule has 30 heavy (non-hydrogen) atoms. The molecule has 2 aromatic rings. The van der Waals surface area contributed by atoms with Gasteiger partial charge in [-0.2, -0.15) is 0 Å². The van der Waals surface area contributed by atoms with Crippen LogP contribution in [0.25, 0.3) is 0 Å². The Kier molecular flexibility index (Phi) is 8.62. The summed E-state index contributed by atoms with van der Waals surface area (Å²) in [6.45, 7) is 5.73. The number of hydrogen-bond donors (Lipinski definition) is 2. The summed E-state index contributed by atoms with van der Waals surface area (Å²) in [5.41, 5.74) is 1.14. The fraction of sp³-hybridized carbons (Fsp3) is 0.478. The third-order valence-corrected chi connectivity index (χ3v) is 5.27. The van der Waals surface area contributed by atoms with Crippen LogP contribution in [0.15, 0.2) is 48.5 Å². The zero-order valence-corrected chi connectivity index (χ0v) is 17.9. The number of quaternary nitrogens is 1. The van der Waals surface area contributed by atoms with Gasteiger partial charge in [0.2, 0.25) is 0 Å². The van der Waals surface area contributed by atoms with Crippen LogP contribution in [-0.4, -0.2) is 78.0 Å². The lowest BCUT2D eigenvalue weighted by atomic mass is 10.2. The Hall–Kier alpha value is -2.48. The molecule has 1 aliphatic rings. The predicted molar refractivity (Wildman–Crippen MR) is 116 cm³/mol. The molecule has 0 spiro atoms. The van der Waals surface area contributed by atoms with Gasteiger partial charge in [0, 0.05) is 6.07 Å². The van der Waals surface area contributed by atoms with Crippen molar-refractivity contribution in [2.75, 3.05) is 71.7 Å². The average Bonchev–Trinajstić information content (AvgIpc) is 2.79. The molecule has 1 heterocycles. The maximum atomic E-state index is 10.3. The van der Waals surface area contributed by atoms with E-state index in [9.17, 15) is 5.11 Å². The van der Waals surface area contributed by atoms with Crippen LogP contribution in [0.4, 0.5) is 5.69 Å². The number of benzene rings is 2. The molecule has 2 N–H and O–H groups in total. The van der Waals surface area contributed by atoms with Gasteiger partial charge in [-0.15, -0.1) is 0 Å². The van der Waals surface area contributed by atoms with Gasteiger partial charge in [0.05, 0.1) is 59.3 Å². The molecular weight excluding hydrogens is 384 g/mol. The topological polar surface area (TPSA) is 64.8 Å². The lowest BCUT2D eigenvalue weighted by molar-refractivity contribution is -0.903. The van der Waals surface area contributed by atoms with Crippen LogP contribution in [-0.2, 0) is 4.74 Å². The lowest BCUT2D eigenvalue weighted by Gasteiger charge is -2.35. The van der Waals surface area contributed by atoms with E-state index in [1.54, 1.807) is 14.2 Å². The number of rotatable bonds is 11.